The lowest BCUT2D eigenvalue weighted by Gasteiger charge is -2.34. The predicted octanol–water partition coefficient (Wildman–Crippen LogP) is 5.06. The molecule has 5 aromatic rings. The molecular weight excluding hydrogens is 714 g/mol. The number of benzene rings is 3. The summed E-state index contributed by atoms with van der Waals surface area (Å²) >= 11 is 0. The van der Waals surface area contributed by atoms with E-state index >= 15 is 4.39 Å². The number of piperazine rings is 1. The zero-order valence-corrected chi connectivity index (χ0v) is 30.8. The Morgan fingerprint density at radius 3 is 2.41 bits per heavy atom. The zero-order chi connectivity index (χ0) is 38.8. The number of fused-ring (bicyclic) bond motifs is 1. The van der Waals surface area contributed by atoms with E-state index in [0.717, 1.165) is 66.4 Å². The van der Waals surface area contributed by atoms with Crippen LogP contribution in [0.15, 0.2) is 91.4 Å². The molecule has 0 aliphatic carbocycles. The monoisotopic (exact) mass is 753 g/mol. The fourth-order valence-corrected chi connectivity index (χ4v) is 7.45. The van der Waals surface area contributed by atoms with Crippen LogP contribution in [0.3, 0.4) is 0 Å². The SMILES string of the molecule is Cc1ccc(NC(=O)c2ccc(CN3CCN(Cc4cc(F)c5c(c4)CN(C4CCC(=O)NC4=O)C5=O)CC3)cc2)cc1Nc1nccc(-c2cccnc2)n1. The second-order valence-electron chi connectivity index (χ2n) is 14.4. The van der Waals surface area contributed by atoms with Crippen molar-refractivity contribution < 1.29 is 23.6 Å². The highest BCUT2D eigenvalue weighted by atomic mass is 19.1. The van der Waals surface area contributed by atoms with Crippen molar-refractivity contribution in [2.75, 3.05) is 36.8 Å². The van der Waals surface area contributed by atoms with Gasteiger partial charge in [-0.3, -0.25) is 39.3 Å². The predicted molar refractivity (Wildman–Crippen MR) is 207 cm³/mol. The summed E-state index contributed by atoms with van der Waals surface area (Å²) in [6, 6.07) is 21.4. The first kappa shape index (κ1) is 36.6. The Labute approximate surface area is 323 Å². The summed E-state index contributed by atoms with van der Waals surface area (Å²) in [4.78, 5) is 69.4. The molecule has 56 heavy (non-hydrogen) atoms. The number of aryl methyl sites for hydroxylation is 1. The number of anilines is 3. The molecule has 284 valence electrons. The number of piperidine rings is 1. The number of aromatic nitrogens is 3. The normalized spacial score (nSPS) is 17.4. The highest BCUT2D eigenvalue weighted by Crippen LogP contribution is 2.31. The van der Waals surface area contributed by atoms with Gasteiger partial charge in [0.15, 0.2) is 0 Å². The molecule has 4 amide bonds. The maximum atomic E-state index is 15.2. The Balaban J connectivity index is 0.823. The summed E-state index contributed by atoms with van der Waals surface area (Å²) in [6.45, 7) is 6.60. The molecule has 0 radical (unpaired) electrons. The second kappa shape index (κ2) is 15.8. The van der Waals surface area contributed by atoms with Gasteiger partial charge in [-0.2, -0.15) is 0 Å². The first-order valence-corrected chi connectivity index (χ1v) is 18.6. The molecule has 2 saturated heterocycles. The van der Waals surface area contributed by atoms with Crippen molar-refractivity contribution in [3.63, 3.8) is 0 Å². The van der Waals surface area contributed by atoms with Crippen LogP contribution in [0.25, 0.3) is 11.3 Å². The van der Waals surface area contributed by atoms with E-state index in [-0.39, 0.29) is 36.8 Å². The molecule has 2 fully saturated rings. The van der Waals surface area contributed by atoms with E-state index in [4.69, 9.17) is 0 Å². The molecule has 1 atom stereocenters. The van der Waals surface area contributed by atoms with Crippen molar-refractivity contribution in [2.24, 2.45) is 0 Å². The van der Waals surface area contributed by atoms with Crippen LogP contribution in [0.2, 0.25) is 0 Å². The molecule has 1 unspecified atom stereocenters. The number of nitrogens with one attached hydrogen (secondary N) is 3. The molecule has 3 aromatic carbocycles. The van der Waals surface area contributed by atoms with E-state index in [0.29, 0.717) is 29.3 Å². The highest BCUT2D eigenvalue weighted by molar-refractivity contribution is 6.06. The van der Waals surface area contributed by atoms with Gasteiger partial charge in [0.2, 0.25) is 17.8 Å². The van der Waals surface area contributed by atoms with E-state index in [2.05, 4.69) is 40.7 Å². The molecule has 0 saturated carbocycles. The summed E-state index contributed by atoms with van der Waals surface area (Å²) in [6.07, 6.45) is 5.54. The van der Waals surface area contributed by atoms with Crippen LogP contribution in [-0.4, -0.2) is 85.5 Å². The number of halogens is 1. The number of pyridine rings is 1. The molecule has 2 aromatic heterocycles. The maximum Gasteiger partial charge on any atom is 0.258 e. The number of carbonyl (C=O) groups is 4. The Morgan fingerprint density at radius 1 is 0.911 bits per heavy atom. The minimum absolute atomic E-state index is 0.0131. The fraction of sp³-hybridized carbons (Fsp3) is 0.262. The molecule has 0 bridgehead atoms. The van der Waals surface area contributed by atoms with Crippen molar-refractivity contribution in [1.29, 1.82) is 0 Å². The minimum atomic E-state index is -0.780. The average molecular weight is 754 g/mol. The summed E-state index contributed by atoms with van der Waals surface area (Å²) in [7, 11) is 0. The summed E-state index contributed by atoms with van der Waals surface area (Å²) in [5.41, 5.74) is 7.01. The first-order chi connectivity index (χ1) is 27.2. The van der Waals surface area contributed by atoms with Crippen LogP contribution < -0.4 is 16.0 Å². The Bertz CT molecular complexity index is 2310. The Hall–Kier alpha value is -6.38. The van der Waals surface area contributed by atoms with Crippen LogP contribution in [0, 0.1) is 12.7 Å². The van der Waals surface area contributed by atoms with Crippen molar-refractivity contribution in [3.05, 3.63) is 131 Å². The third kappa shape index (κ3) is 8.02. The van der Waals surface area contributed by atoms with Gasteiger partial charge in [0.25, 0.3) is 11.8 Å². The van der Waals surface area contributed by atoms with Crippen LogP contribution in [0.5, 0.6) is 0 Å². The quantitative estimate of drug-likeness (QED) is 0.165. The first-order valence-electron chi connectivity index (χ1n) is 18.6. The van der Waals surface area contributed by atoms with Gasteiger partial charge >= 0.3 is 0 Å². The van der Waals surface area contributed by atoms with Gasteiger partial charge in [-0.1, -0.05) is 24.3 Å². The third-order valence-electron chi connectivity index (χ3n) is 10.5. The van der Waals surface area contributed by atoms with Gasteiger partial charge in [-0.15, -0.1) is 0 Å². The lowest BCUT2D eigenvalue weighted by atomic mass is 10.0. The van der Waals surface area contributed by atoms with Crippen LogP contribution >= 0.6 is 0 Å². The van der Waals surface area contributed by atoms with E-state index in [1.54, 1.807) is 18.6 Å². The fourth-order valence-electron chi connectivity index (χ4n) is 7.45. The van der Waals surface area contributed by atoms with E-state index in [9.17, 15) is 19.2 Å². The smallest absolute Gasteiger partial charge is 0.258 e. The average Bonchev–Trinajstić information content (AvgIpc) is 3.53. The van der Waals surface area contributed by atoms with Gasteiger partial charge < -0.3 is 15.5 Å². The Morgan fingerprint density at radius 2 is 1.68 bits per heavy atom. The number of hydrogen-bond acceptors (Lipinski definition) is 10. The standard InChI is InChI=1S/C42H40FN9O4/c1-26-4-9-32(21-35(26)48-42-45-14-12-34(47-42)30-3-2-13-44-22-30)46-39(54)29-7-5-27(6-8-29)23-50-15-17-51(18-16-50)24-28-19-31-25-52(41(56)38(31)33(43)20-28)36-10-11-37(53)49-40(36)55/h2-9,12-14,19-22,36H,10-11,15-18,23-25H2,1H3,(H,46,54)(H,45,47,48)(H,49,53,55). The molecule has 8 rings (SSSR count). The molecular formula is C42H40FN9O4. The number of rotatable bonds is 10. The largest absolute Gasteiger partial charge is 0.324 e. The highest BCUT2D eigenvalue weighted by Gasteiger charge is 2.40. The van der Waals surface area contributed by atoms with E-state index in [1.165, 1.54) is 11.0 Å². The van der Waals surface area contributed by atoms with Gasteiger partial charge in [0.1, 0.15) is 11.9 Å². The van der Waals surface area contributed by atoms with E-state index < -0.39 is 23.7 Å². The van der Waals surface area contributed by atoms with Crippen molar-refractivity contribution in [2.45, 2.75) is 45.4 Å². The van der Waals surface area contributed by atoms with Crippen molar-refractivity contribution in [3.8, 4) is 11.3 Å². The number of carbonyl (C=O) groups excluding carboxylic acids is 4. The second-order valence-corrected chi connectivity index (χ2v) is 14.4. The zero-order valence-electron chi connectivity index (χ0n) is 30.8. The molecule has 14 heteroatoms. The number of hydrogen-bond donors (Lipinski definition) is 3. The van der Waals surface area contributed by atoms with Gasteiger partial charge in [0, 0.05) is 93.3 Å². The summed E-state index contributed by atoms with van der Waals surface area (Å²) in [5, 5.41) is 8.56. The van der Waals surface area contributed by atoms with E-state index in [1.807, 2.05) is 73.7 Å². The molecule has 3 aliphatic rings. The number of imide groups is 1. The van der Waals surface area contributed by atoms with Gasteiger partial charge in [-0.05, 0) is 84.1 Å². The van der Waals surface area contributed by atoms with Gasteiger partial charge in [-0.25, -0.2) is 14.4 Å². The molecule has 0 spiro atoms. The van der Waals surface area contributed by atoms with Crippen LogP contribution in [-0.2, 0) is 29.2 Å². The topological polar surface area (TPSA) is 153 Å². The number of amides is 4. The minimum Gasteiger partial charge on any atom is -0.324 e. The van der Waals surface area contributed by atoms with Crippen molar-refractivity contribution >= 4 is 41.0 Å². The summed E-state index contributed by atoms with van der Waals surface area (Å²) in [5.74, 6) is -1.74. The Kier molecular flexibility index (Phi) is 10.3. The van der Waals surface area contributed by atoms with Crippen LogP contribution in [0.1, 0.15) is 55.8 Å². The van der Waals surface area contributed by atoms with Gasteiger partial charge in [0.05, 0.1) is 11.3 Å². The molecule has 3 aliphatic heterocycles. The molecule has 3 N–H and O–H groups in total. The van der Waals surface area contributed by atoms with Crippen molar-refractivity contribution in [1.82, 2.24) is 35.0 Å². The van der Waals surface area contributed by atoms with Crippen LogP contribution in [0.4, 0.5) is 21.7 Å². The molecule has 5 heterocycles. The molecule has 13 nitrogen and oxygen atoms in total. The lowest BCUT2D eigenvalue weighted by Crippen LogP contribution is -2.52. The maximum absolute atomic E-state index is 15.2. The summed E-state index contributed by atoms with van der Waals surface area (Å²) < 4.78 is 15.2. The lowest BCUT2D eigenvalue weighted by molar-refractivity contribution is -0.136. The number of nitrogens with zero attached hydrogens (tertiary/aromatic N) is 6. The third-order valence-corrected chi connectivity index (χ3v) is 10.5.